The molecule has 0 saturated carbocycles. The third-order valence-corrected chi connectivity index (χ3v) is 5.88. The number of benzene rings is 4. The van der Waals surface area contributed by atoms with Gasteiger partial charge in [0.2, 0.25) is 0 Å². The Morgan fingerprint density at radius 1 is 0.828 bits per heavy atom. The van der Waals surface area contributed by atoms with E-state index in [1.165, 1.54) is 0 Å². The fourth-order valence-electron chi connectivity index (χ4n) is 4.59. The zero-order valence-electron chi connectivity index (χ0n) is 22.3. The van der Waals surface area contributed by atoms with Crippen LogP contribution in [0, 0.1) is 0 Å². The van der Waals surface area contributed by atoms with Crippen LogP contribution in [0.2, 0.25) is 0 Å². The second kappa shape index (κ2) is 5.54. The van der Waals surface area contributed by atoms with Crippen molar-refractivity contribution in [3.8, 4) is 11.5 Å². The maximum Gasteiger partial charge on any atom is 0.256 e. The Bertz CT molecular complexity index is 1620. The standard InChI is InChI=1S/C26H18BNO/c1-2-7-19(8-3-1)28-22-10-5-4-9-20(22)27-21-15-17-13-14-18(17)16-25(21)29-24-12-6-11-23(28)26(24)27/h1-12,15-16H,13-14H2/i6D,11D,12D,13D2,14D2. The lowest BCUT2D eigenvalue weighted by molar-refractivity contribution is 0.485. The van der Waals surface area contributed by atoms with Crippen molar-refractivity contribution < 1.29 is 14.3 Å². The molecule has 0 radical (unpaired) electrons. The highest BCUT2D eigenvalue weighted by Crippen LogP contribution is 2.41. The summed E-state index contributed by atoms with van der Waals surface area (Å²) in [4.78, 5) is 1.93. The second-order valence-corrected chi connectivity index (χ2v) is 7.42. The number of fused-ring (bicyclic) bond motifs is 5. The number of aryl methyl sites for hydroxylation is 2. The molecule has 0 atom stereocenters. The molecule has 4 aromatic carbocycles. The lowest BCUT2D eigenvalue weighted by Crippen LogP contribution is -2.59. The van der Waals surface area contributed by atoms with E-state index in [4.69, 9.17) is 14.3 Å². The average Bonchev–Trinajstić information content (AvgIpc) is 2.89. The molecule has 2 nitrogen and oxygen atoms in total. The minimum Gasteiger partial charge on any atom is -0.458 e. The van der Waals surface area contributed by atoms with Gasteiger partial charge >= 0.3 is 0 Å². The van der Waals surface area contributed by atoms with Gasteiger partial charge in [-0.25, -0.2) is 0 Å². The first kappa shape index (κ1) is 10.4. The van der Waals surface area contributed by atoms with Gasteiger partial charge in [0.15, 0.2) is 0 Å². The highest BCUT2D eigenvalue weighted by molar-refractivity contribution is 6.99. The molecule has 0 unspecified atom stereocenters. The van der Waals surface area contributed by atoms with Crippen molar-refractivity contribution in [3.63, 3.8) is 0 Å². The maximum atomic E-state index is 8.89. The molecule has 0 bridgehead atoms. The summed E-state index contributed by atoms with van der Waals surface area (Å²) in [6.45, 7) is -0.462. The number of para-hydroxylation sites is 2. The molecule has 0 spiro atoms. The Labute approximate surface area is 180 Å². The quantitative estimate of drug-likeness (QED) is 0.398. The van der Waals surface area contributed by atoms with Crippen LogP contribution in [0.1, 0.15) is 20.7 Å². The molecule has 7 rings (SSSR count). The van der Waals surface area contributed by atoms with Crippen LogP contribution in [-0.2, 0) is 12.7 Å². The van der Waals surface area contributed by atoms with Gasteiger partial charge in [0.25, 0.3) is 6.71 Å². The molecular formula is C26H18BNO. The van der Waals surface area contributed by atoms with E-state index >= 15 is 0 Å². The molecule has 3 aliphatic rings. The molecule has 4 aromatic rings. The van der Waals surface area contributed by atoms with E-state index in [9.17, 15) is 0 Å². The fourth-order valence-corrected chi connectivity index (χ4v) is 4.59. The van der Waals surface area contributed by atoms with Crippen molar-refractivity contribution in [2.75, 3.05) is 4.90 Å². The van der Waals surface area contributed by atoms with Gasteiger partial charge in [-0.1, -0.05) is 48.5 Å². The van der Waals surface area contributed by atoms with E-state index in [0.717, 1.165) is 16.8 Å². The molecule has 1 aliphatic carbocycles. The molecule has 0 saturated heterocycles. The SMILES string of the molecule is [2H]c1c([2H])c2c3c(c1[2H])N(c1ccccc1)c1ccccc1B3c1cc3c(cc1O2)C([2H])([2H])C3([2H])[2H]. The topological polar surface area (TPSA) is 12.5 Å². The van der Waals surface area contributed by atoms with Crippen LogP contribution in [0.3, 0.4) is 0 Å². The monoisotopic (exact) mass is 378 g/mol. The number of anilines is 3. The average molecular weight is 378 g/mol. The summed E-state index contributed by atoms with van der Waals surface area (Å²) in [6, 6.07) is 20.0. The summed E-state index contributed by atoms with van der Waals surface area (Å²) >= 11 is 0. The van der Waals surface area contributed by atoms with Crippen LogP contribution in [0.15, 0.2) is 84.9 Å². The molecule has 0 amide bonds. The molecule has 136 valence electrons. The number of ether oxygens (including phenoxy) is 1. The predicted octanol–water partition coefficient (Wildman–Crippen LogP) is 4.19. The number of hydrogen-bond donors (Lipinski definition) is 0. The highest BCUT2D eigenvalue weighted by Gasteiger charge is 2.42. The molecule has 3 heteroatoms. The number of hydrogen-bond acceptors (Lipinski definition) is 2. The van der Waals surface area contributed by atoms with Gasteiger partial charge < -0.3 is 9.64 Å². The Hall–Kier alpha value is -3.46. The van der Waals surface area contributed by atoms with Gasteiger partial charge in [-0.3, -0.25) is 0 Å². The molecule has 0 fully saturated rings. The first-order valence-corrected chi connectivity index (χ1v) is 9.59. The van der Waals surface area contributed by atoms with Crippen molar-refractivity contribution in [2.45, 2.75) is 12.7 Å². The van der Waals surface area contributed by atoms with Crippen molar-refractivity contribution in [1.82, 2.24) is 0 Å². The van der Waals surface area contributed by atoms with Crippen LogP contribution in [0.25, 0.3) is 0 Å². The van der Waals surface area contributed by atoms with Crippen LogP contribution >= 0.6 is 0 Å². The minimum atomic E-state index is -2.16. The first-order valence-electron chi connectivity index (χ1n) is 13.1. The molecule has 2 aliphatic heterocycles. The second-order valence-electron chi connectivity index (χ2n) is 7.42. The molecule has 0 aromatic heterocycles. The first-order chi connectivity index (χ1) is 17.1. The van der Waals surface area contributed by atoms with Gasteiger partial charge in [0, 0.05) is 22.5 Å². The molecule has 2 heterocycles. The van der Waals surface area contributed by atoms with E-state index in [1.54, 1.807) is 12.1 Å². The van der Waals surface area contributed by atoms with Gasteiger partial charge in [-0.05, 0) is 76.6 Å². The third kappa shape index (κ3) is 2.02. The van der Waals surface area contributed by atoms with Gasteiger partial charge in [-0.15, -0.1) is 0 Å². The van der Waals surface area contributed by atoms with E-state index in [0.29, 0.717) is 22.4 Å². The van der Waals surface area contributed by atoms with Crippen molar-refractivity contribution in [1.29, 1.82) is 0 Å². The van der Waals surface area contributed by atoms with Crippen LogP contribution in [-0.4, -0.2) is 6.71 Å². The zero-order valence-corrected chi connectivity index (χ0v) is 15.3. The zero-order chi connectivity index (χ0) is 25.1. The molecular weight excluding hydrogens is 353 g/mol. The van der Waals surface area contributed by atoms with E-state index in [2.05, 4.69) is 0 Å². The van der Waals surface area contributed by atoms with Crippen molar-refractivity contribution >= 4 is 40.2 Å². The summed E-state index contributed by atoms with van der Waals surface area (Å²) in [7, 11) is 0. The van der Waals surface area contributed by atoms with Crippen LogP contribution in [0.5, 0.6) is 11.5 Å². The fraction of sp³-hybridized carbons (Fsp3) is 0.0769. The molecule has 29 heavy (non-hydrogen) atoms. The van der Waals surface area contributed by atoms with Gasteiger partial charge in [0.05, 0.1) is 4.11 Å². The summed E-state index contributed by atoms with van der Waals surface area (Å²) in [5.41, 5.74) is 4.79. The minimum absolute atomic E-state index is 0.0789. The van der Waals surface area contributed by atoms with Crippen molar-refractivity contribution in [2.24, 2.45) is 0 Å². The van der Waals surface area contributed by atoms with Gasteiger partial charge in [-0.2, -0.15) is 0 Å². The van der Waals surface area contributed by atoms with Crippen LogP contribution in [0.4, 0.5) is 17.1 Å². The van der Waals surface area contributed by atoms with E-state index in [-0.39, 0.29) is 35.0 Å². The summed E-state index contributed by atoms with van der Waals surface area (Å²) in [5.74, 6) is 0.534. The predicted molar refractivity (Wildman–Crippen MR) is 120 cm³/mol. The van der Waals surface area contributed by atoms with Crippen LogP contribution < -0.4 is 26.0 Å². The maximum absolute atomic E-state index is 8.89. The summed E-state index contributed by atoms with van der Waals surface area (Å²) in [5, 5.41) is 0. The Morgan fingerprint density at radius 2 is 1.62 bits per heavy atom. The van der Waals surface area contributed by atoms with E-state index in [1.807, 2.05) is 59.5 Å². The summed E-state index contributed by atoms with van der Waals surface area (Å²) < 4.78 is 65.5. The van der Waals surface area contributed by atoms with E-state index < -0.39 is 19.5 Å². The lowest BCUT2D eigenvalue weighted by atomic mass is 9.34. The summed E-state index contributed by atoms with van der Waals surface area (Å²) in [6.07, 6.45) is -4.30. The van der Waals surface area contributed by atoms with Gasteiger partial charge in [0.1, 0.15) is 11.5 Å². The number of rotatable bonds is 1. The van der Waals surface area contributed by atoms with Crippen molar-refractivity contribution in [3.05, 3.63) is 96.0 Å². The Balaban J connectivity index is 1.59. The largest absolute Gasteiger partial charge is 0.458 e. The lowest BCUT2D eigenvalue weighted by Gasteiger charge is -2.40. The number of nitrogens with zero attached hydrogens (tertiary/aromatic N) is 1. The normalized spacial score (nSPS) is 21.7. The Kier molecular flexibility index (Phi) is 1.98. The smallest absolute Gasteiger partial charge is 0.256 e. The molecule has 0 N–H and O–H groups in total. The Morgan fingerprint density at radius 3 is 2.52 bits per heavy atom. The highest BCUT2D eigenvalue weighted by atomic mass is 16.5. The third-order valence-electron chi connectivity index (χ3n) is 5.88.